The molecule has 0 aliphatic heterocycles. The number of carboxylic acid groups (broad SMARTS) is 1. The van der Waals surface area contributed by atoms with Crippen LogP contribution in [-0.4, -0.2) is 11.1 Å². The van der Waals surface area contributed by atoms with Crippen LogP contribution in [0.15, 0.2) is 18.2 Å². The second-order valence-electron chi connectivity index (χ2n) is 5.54. The molecule has 1 fully saturated rings. The van der Waals surface area contributed by atoms with Crippen molar-refractivity contribution < 1.29 is 9.90 Å². The van der Waals surface area contributed by atoms with Crippen LogP contribution in [0.2, 0.25) is 0 Å². The quantitative estimate of drug-likeness (QED) is 0.805. The van der Waals surface area contributed by atoms with Crippen molar-refractivity contribution >= 4 is 5.97 Å². The summed E-state index contributed by atoms with van der Waals surface area (Å²) in [4.78, 5) is 11.5. The lowest BCUT2D eigenvalue weighted by Gasteiger charge is -2.50. The van der Waals surface area contributed by atoms with E-state index in [0.717, 1.165) is 25.7 Å². The molecule has 17 heavy (non-hydrogen) atoms. The molecular weight excluding hydrogens is 212 g/mol. The number of carboxylic acids is 1. The maximum absolute atomic E-state index is 11.5. The third-order valence-corrected chi connectivity index (χ3v) is 4.84. The maximum atomic E-state index is 11.5. The van der Waals surface area contributed by atoms with E-state index < -0.39 is 5.97 Å². The fraction of sp³-hybridized carbons (Fsp3) is 0.533. The van der Waals surface area contributed by atoms with Gasteiger partial charge in [-0.15, -0.1) is 0 Å². The van der Waals surface area contributed by atoms with Crippen molar-refractivity contribution in [2.75, 3.05) is 0 Å². The largest absolute Gasteiger partial charge is 0.481 e. The molecule has 3 rings (SSSR count). The minimum atomic E-state index is -0.600. The summed E-state index contributed by atoms with van der Waals surface area (Å²) < 4.78 is 0. The van der Waals surface area contributed by atoms with Crippen LogP contribution in [0.5, 0.6) is 0 Å². The van der Waals surface area contributed by atoms with Crippen LogP contribution in [0, 0.1) is 12.8 Å². The smallest absolute Gasteiger partial charge is 0.307 e. The molecule has 0 bridgehead atoms. The number of carbonyl (C=O) groups is 1. The Labute approximate surface area is 102 Å². The molecule has 0 heterocycles. The predicted octanol–water partition coefficient (Wildman–Crippen LogP) is 3.06. The first-order valence-electron chi connectivity index (χ1n) is 6.47. The standard InChI is InChI=1S/C15H18O2/c1-10-4-2-5-12-11(10)6-7-13(14(16)17)15(12)8-3-9-15/h2,4-5,13H,3,6-9H2,1H3,(H,16,17). The number of aryl methyl sites for hydroxylation is 1. The number of fused-ring (bicyclic) bond motifs is 2. The Morgan fingerprint density at radius 2 is 2.18 bits per heavy atom. The van der Waals surface area contributed by atoms with E-state index in [1.807, 2.05) is 0 Å². The number of aliphatic carboxylic acids is 1. The molecular formula is C15H18O2. The number of rotatable bonds is 1. The summed E-state index contributed by atoms with van der Waals surface area (Å²) in [5, 5.41) is 9.43. The van der Waals surface area contributed by atoms with Crippen molar-refractivity contribution in [3.63, 3.8) is 0 Å². The Bertz CT molecular complexity index is 472. The van der Waals surface area contributed by atoms with Gasteiger partial charge in [0.25, 0.3) is 0 Å². The van der Waals surface area contributed by atoms with E-state index in [2.05, 4.69) is 25.1 Å². The van der Waals surface area contributed by atoms with Crippen LogP contribution in [0.1, 0.15) is 42.4 Å². The maximum Gasteiger partial charge on any atom is 0.307 e. The lowest BCUT2D eigenvalue weighted by molar-refractivity contribution is -0.147. The average Bonchev–Trinajstić information content (AvgIpc) is 2.25. The summed E-state index contributed by atoms with van der Waals surface area (Å²) in [6.07, 6.45) is 5.03. The molecule has 90 valence electrons. The van der Waals surface area contributed by atoms with Crippen LogP contribution in [-0.2, 0) is 16.6 Å². The summed E-state index contributed by atoms with van der Waals surface area (Å²) in [7, 11) is 0. The Morgan fingerprint density at radius 1 is 1.41 bits per heavy atom. The summed E-state index contributed by atoms with van der Waals surface area (Å²) in [5.41, 5.74) is 4.05. The normalized spacial score (nSPS) is 25.1. The molecule has 1 atom stereocenters. The summed E-state index contributed by atoms with van der Waals surface area (Å²) in [5.74, 6) is -0.762. The molecule has 0 amide bonds. The number of hydrogen-bond acceptors (Lipinski definition) is 1. The van der Waals surface area contributed by atoms with Gasteiger partial charge in [0.05, 0.1) is 5.92 Å². The van der Waals surface area contributed by atoms with Crippen molar-refractivity contribution in [1.82, 2.24) is 0 Å². The molecule has 1 unspecified atom stereocenters. The van der Waals surface area contributed by atoms with E-state index in [1.54, 1.807) is 0 Å². The van der Waals surface area contributed by atoms with Gasteiger partial charge in [0.1, 0.15) is 0 Å². The van der Waals surface area contributed by atoms with Gasteiger partial charge in [0, 0.05) is 5.41 Å². The third kappa shape index (κ3) is 1.36. The average molecular weight is 230 g/mol. The Balaban J connectivity index is 2.14. The van der Waals surface area contributed by atoms with Gasteiger partial charge >= 0.3 is 5.97 Å². The fourth-order valence-corrected chi connectivity index (χ4v) is 3.79. The van der Waals surface area contributed by atoms with Gasteiger partial charge in [-0.1, -0.05) is 24.6 Å². The van der Waals surface area contributed by atoms with Gasteiger partial charge in [0.2, 0.25) is 0 Å². The first-order chi connectivity index (χ1) is 8.15. The van der Waals surface area contributed by atoms with E-state index >= 15 is 0 Å². The molecule has 1 saturated carbocycles. The highest BCUT2D eigenvalue weighted by Gasteiger charge is 2.51. The third-order valence-electron chi connectivity index (χ3n) is 4.84. The van der Waals surface area contributed by atoms with E-state index in [9.17, 15) is 9.90 Å². The van der Waals surface area contributed by atoms with Crippen LogP contribution >= 0.6 is 0 Å². The fourth-order valence-electron chi connectivity index (χ4n) is 3.79. The van der Waals surface area contributed by atoms with Crippen molar-refractivity contribution in [2.24, 2.45) is 5.92 Å². The summed E-state index contributed by atoms with van der Waals surface area (Å²) in [6.45, 7) is 2.15. The molecule has 2 aliphatic carbocycles. The SMILES string of the molecule is Cc1cccc2c1CCC(C(=O)O)C21CCC1. The zero-order valence-corrected chi connectivity index (χ0v) is 10.2. The van der Waals surface area contributed by atoms with Crippen molar-refractivity contribution in [3.8, 4) is 0 Å². The van der Waals surface area contributed by atoms with Gasteiger partial charge in [0.15, 0.2) is 0 Å². The first-order valence-corrected chi connectivity index (χ1v) is 6.47. The monoisotopic (exact) mass is 230 g/mol. The highest BCUT2D eigenvalue weighted by atomic mass is 16.4. The van der Waals surface area contributed by atoms with E-state index in [0.29, 0.717) is 0 Å². The minimum absolute atomic E-state index is 0.0363. The molecule has 1 N–H and O–H groups in total. The Morgan fingerprint density at radius 3 is 2.76 bits per heavy atom. The van der Waals surface area contributed by atoms with Crippen molar-refractivity contribution in [1.29, 1.82) is 0 Å². The molecule has 1 aromatic rings. The molecule has 0 saturated heterocycles. The van der Waals surface area contributed by atoms with E-state index in [-0.39, 0.29) is 11.3 Å². The van der Waals surface area contributed by atoms with E-state index in [1.165, 1.54) is 23.1 Å². The molecule has 2 heteroatoms. The van der Waals surface area contributed by atoms with Crippen molar-refractivity contribution in [2.45, 2.75) is 44.4 Å². The zero-order valence-electron chi connectivity index (χ0n) is 10.2. The van der Waals surface area contributed by atoms with Gasteiger partial charge < -0.3 is 5.11 Å². The van der Waals surface area contributed by atoms with Crippen LogP contribution in [0.25, 0.3) is 0 Å². The minimum Gasteiger partial charge on any atom is -0.481 e. The second kappa shape index (κ2) is 3.59. The molecule has 2 nitrogen and oxygen atoms in total. The van der Waals surface area contributed by atoms with E-state index in [4.69, 9.17) is 0 Å². The molecule has 0 radical (unpaired) electrons. The van der Waals surface area contributed by atoms with Gasteiger partial charge in [-0.25, -0.2) is 0 Å². The topological polar surface area (TPSA) is 37.3 Å². The molecule has 2 aliphatic rings. The van der Waals surface area contributed by atoms with Crippen LogP contribution in [0.3, 0.4) is 0 Å². The zero-order chi connectivity index (χ0) is 12.0. The van der Waals surface area contributed by atoms with Gasteiger partial charge in [-0.3, -0.25) is 4.79 Å². The first kappa shape index (κ1) is 10.8. The molecule has 0 aromatic heterocycles. The highest BCUT2D eigenvalue weighted by Crippen LogP contribution is 2.54. The second-order valence-corrected chi connectivity index (χ2v) is 5.54. The van der Waals surface area contributed by atoms with Crippen LogP contribution in [0.4, 0.5) is 0 Å². The van der Waals surface area contributed by atoms with Crippen molar-refractivity contribution in [3.05, 3.63) is 34.9 Å². The lowest BCUT2D eigenvalue weighted by atomic mass is 9.53. The number of hydrogen-bond donors (Lipinski definition) is 1. The predicted molar refractivity (Wildman–Crippen MR) is 66.2 cm³/mol. The highest BCUT2D eigenvalue weighted by molar-refractivity contribution is 5.74. The Kier molecular flexibility index (Phi) is 2.29. The summed E-state index contributed by atoms with van der Waals surface area (Å²) in [6, 6.07) is 6.39. The molecule has 1 aromatic carbocycles. The Hall–Kier alpha value is -1.31. The van der Waals surface area contributed by atoms with Gasteiger partial charge in [-0.2, -0.15) is 0 Å². The van der Waals surface area contributed by atoms with Gasteiger partial charge in [-0.05, 0) is 49.3 Å². The lowest BCUT2D eigenvalue weighted by Crippen LogP contribution is -2.48. The molecule has 1 spiro atoms. The summed E-state index contributed by atoms with van der Waals surface area (Å²) >= 11 is 0. The number of benzene rings is 1. The van der Waals surface area contributed by atoms with Crippen LogP contribution < -0.4 is 0 Å².